The maximum absolute atomic E-state index is 4.80. The number of fused-ring (bicyclic) bond motifs is 3. The molecule has 0 radical (unpaired) electrons. The number of hydrogen-bond acceptors (Lipinski definition) is 2. The molecular weight excluding hydrogens is 240 g/mol. The van der Waals surface area contributed by atoms with Gasteiger partial charge in [-0.2, -0.15) is 0 Å². The van der Waals surface area contributed by atoms with Crippen molar-refractivity contribution in [3.63, 3.8) is 0 Å². The number of nitrogens with one attached hydrogen (secondary N) is 1. The predicted molar refractivity (Wildman–Crippen MR) is 76.9 cm³/mol. The lowest BCUT2D eigenvalue weighted by atomic mass is 10.1. The summed E-state index contributed by atoms with van der Waals surface area (Å²) in [6, 6.07) is 14.6. The van der Waals surface area contributed by atoms with E-state index in [4.69, 9.17) is 4.98 Å². The largest absolute Gasteiger partial charge is 0.359 e. The zero-order valence-corrected chi connectivity index (χ0v) is 10.4. The standard InChI is InChI=1S/C15H10N2S/c1-2-5-12-10(4-1)11-7-8-16-14(11)15(17-12)13-6-3-9-18-13/h1-9,16H. The first kappa shape index (κ1) is 9.85. The summed E-state index contributed by atoms with van der Waals surface area (Å²) >= 11 is 1.72. The van der Waals surface area contributed by atoms with E-state index in [0.29, 0.717) is 0 Å². The Labute approximate surface area is 108 Å². The van der Waals surface area contributed by atoms with Gasteiger partial charge in [-0.25, -0.2) is 4.98 Å². The summed E-state index contributed by atoms with van der Waals surface area (Å²) in [7, 11) is 0. The van der Waals surface area contributed by atoms with Crippen molar-refractivity contribution in [3.8, 4) is 10.6 Å². The van der Waals surface area contributed by atoms with E-state index in [1.54, 1.807) is 11.3 Å². The van der Waals surface area contributed by atoms with Crippen LogP contribution in [0.2, 0.25) is 0 Å². The molecule has 18 heavy (non-hydrogen) atoms. The maximum atomic E-state index is 4.80. The summed E-state index contributed by atoms with van der Waals surface area (Å²) in [4.78, 5) is 9.31. The molecule has 2 nitrogen and oxygen atoms in total. The molecule has 0 atom stereocenters. The van der Waals surface area contributed by atoms with E-state index in [1.165, 1.54) is 15.6 Å². The molecule has 86 valence electrons. The molecule has 3 aromatic heterocycles. The van der Waals surface area contributed by atoms with E-state index in [1.807, 2.05) is 12.3 Å². The molecule has 0 unspecified atom stereocenters. The summed E-state index contributed by atoms with van der Waals surface area (Å²) in [6.45, 7) is 0. The lowest BCUT2D eigenvalue weighted by Crippen LogP contribution is -1.86. The van der Waals surface area contributed by atoms with Crippen LogP contribution in [0.15, 0.2) is 54.0 Å². The smallest absolute Gasteiger partial charge is 0.105 e. The quantitative estimate of drug-likeness (QED) is 0.531. The van der Waals surface area contributed by atoms with Crippen molar-refractivity contribution in [1.82, 2.24) is 9.97 Å². The Balaban J connectivity index is 2.21. The highest BCUT2D eigenvalue weighted by atomic mass is 32.1. The van der Waals surface area contributed by atoms with Crippen LogP contribution in [0.1, 0.15) is 0 Å². The lowest BCUT2D eigenvalue weighted by molar-refractivity contribution is 1.40. The molecule has 0 aliphatic carbocycles. The third-order valence-electron chi connectivity index (χ3n) is 3.16. The van der Waals surface area contributed by atoms with Crippen LogP contribution in [-0.4, -0.2) is 9.97 Å². The average Bonchev–Trinajstić information content (AvgIpc) is 3.09. The minimum absolute atomic E-state index is 1.05. The van der Waals surface area contributed by atoms with Gasteiger partial charge in [0.05, 0.1) is 15.9 Å². The average molecular weight is 250 g/mol. The van der Waals surface area contributed by atoms with Gasteiger partial charge in [0.2, 0.25) is 0 Å². The molecule has 0 aliphatic rings. The second-order valence-corrected chi connectivity index (χ2v) is 5.17. The van der Waals surface area contributed by atoms with Gasteiger partial charge in [0.15, 0.2) is 0 Å². The van der Waals surface area contributed by atoms with Gasteiger partial charge in [0.25, 0.3) is 0 Å². The van der Waals surface area contributed by atoms with Crippen LogP contribution in [0.25, 0.3) is 32.4 Å². The maximum Gasteiger partial charge on any atom is 0.105 e. The predicted octanol–water partition coefficient (Wildman–Crippen LogP) is 4.44. The number of H-pyrrole nitrogens is 1. The van der Waals surface area contributed by atoms with E-state index in [2.05, 4.69) is 46.8 Å². The number of benzene rings is 1. The lowest BCUT2D eigenvalue weighted by Gasteiger charge is -2.04. The van der Waals surface area contributed by atoms with Crippen LogP contribution in [0.5, 0.6) is 0 Å². The van der Waals surface area contributed by atoms with E-state index in [-0.39, 0.29) is 0 Å². The molecule has 0 bridgehead atoms. The van der Waals surface area contributed by atoms with E-state index < -0.39 is 0 Å². The molecule has 0 saturated carbocycles. The Hall–Kier alpha value is -2.13. The fourth-order valence-electron chi connectivity index (χ4n) is 2.36. The van der Waals surface area contributed by atoms with Gasteiger partial charge < -0.3 is 4.98 Å². The van der Waals surface area contributed by atoms with Gasteiger partial charge >= 0.3 is 0 Å². The summed E-state index contributed by atoms with van der Waals surface area (Å²) in [6.07, 6.45) is 1.98. The first-order valence-corrected chi connectivity index (χ1v) is 6.71. The SMILES string of the molecule is c1csc(-c2nc3ccccc3c3cc[nH]c23)c1. The van der Waals surface area contributed by atoms with E-state index in [0.717, 1.165) is 16.7 Å². The second-order valence-electron chi connectivity index (χ2n) is 4.22. The van der Waals surface area contributed by atoms with Gasteiger partial charge in [-0.15, -0.1) is 11.3 Å². The van der Waals surface area contributed by atoms with Gasteiger partial charge in [-0.3, -0.25) is 0 Å². The Morgan fingerprint density at radius 3 is 2.78 bits per heavy atom. The van der Waals surface area contributed by atoms with Crippen LogP contribution in [0.3, 0.4) is 0 Å². The zero-order valence-electron chi connectivity index (χ0n) is 9.55. The van der Waals surface area contributed by atoms with Crippen molar-refractivity contribution in [2.24, 2.45) is 0 Å². The molecule has 0 saturated heterocycles. The third kappa shape index (κ3) is 1.31. The number of aromatic nitrogens is 2. The van der Waals surface area contributed by atoms with Gasteiger partial charge in [0, 0.05) is 17.0 Å². The Bertz CT molecular complexity index is 828. The van der Waals surface area contributed by atoms with Crippen molar-refractivity contribution in [1.29, 1.82) is 0 Å². The Morgan fingerprint density at radius 2 is 1.89 bits per heavy atom. The molecule has 3 heterocycles. The van der Waals surface area contributed by atoms with E-state index in [9.17, 15) is 0 Å². The molecule has 0 aliphatic heterocycles. The summed E-state index contributed by atoms with van der Waals surface area (Å²) < 4.78 is 0. The Morgan fingerprint density at radius 1 is 0.944 bits per heavy atom. The molecule has 4 aromatic rings. The molecular formula is C15H10N2S. The van der Waals surface area contributed by atoms with Crippen LogP contribution >= 0.6 is 11.3 Å². The van der Waals surface area contributed by atoms with Crippen LogP contribution in [0.4, 0.5) is 0 Å². The van der Waals surface area contributed by atoms with Gasteiger partial charge in [-0.1, -0.05) is 24.3 Å². The molecule has 0 fully saturated rings. The van der Waals surface area contributed by atoms with Crippen LogP contribution < -0.4 is 0 Å². The number of hydrogen-bond donors (Lipinski definition) is 1. The van der Waals surface area contributed by atoms with Crippen molar-refractivity contribution in [3.05, 3.63) is 54.0 Å². The normalized spacial score (nSPS) is 11.3. The monoisotopic (exact) mass is 250 g/mol. The second kappa shape index (κ2) is 3.68. The molecule has 3 heteroatoms. The highest BCUT2D eigenvalue weighted by Crippen LogP contribution is 2.33. The van der Waals surface area contributed by atoms with Gasteiger partial charge in [0.1, 0.15) is 5.69 Å². The molecule has 4 rings (SSSR count). The van der Waals surface area contributed by atoms with Crippen molar-refractivity contribution < 1.29 is 0 Å². The molecule has 0 amide bonds. The van der Waals surface area contributed by atoms with E-state index >= 15 is 0 Å². The van der Waals surface area contributed by atoms with Crippen molar-refractivity contribution in [2.45, 2.75) is 0 Å². The Kier molecular flexibility index (Phi) is 2.02. The number of aromatic amines is 1. The number of pyridine rings is 1. The highest BCUT2D eigenvalue weighted by molar-refractivity contribution is 7.13. The minimum atomic E-state index is 1.05. The fraction of sp³-hybridized carbons (Fsp3) is 0. The summed E-state index contributed by atoms with van der Waals surface area (Å²) in [5.74, 6) is 0. The summed E-state index contributed by atoms with van der Waals surface area (Å²) in [5, 5.41) is 4.53. The van der Waals surface area contributed by atoms with Gasteiger partial charge in [-0.05, 0) is 23.6 Å². The highest BCUT2D eigenvalue weighted by Gasteiger charge is 2.11. The number of para-hydroxylation sites is 1. The first-order chi connectivity index (χ1) is 8.93. The zero-order chi connectivity index (χ0) is 11.9. The topological polar surface area (TPSA) is 28.7 Å². The summed E-state index contributed by atoms with van der Waals surface area (Å²) in [5.41, 5.74) is 3.22. The molecule has 1 N–H and O–H groups in total. The fourth-order valence-corrected chi connectivity index (χ4v) is 3.08. The first-order valence-electron chi connectivity index (χ1n) is 5.83. The molecule has 1 aromatic carbocycles. The number of nitrogens with zero attached hydrogens (tertiary/aromatic N) is 1. The minimum Gasteiger partial charge on any atom is -0.359 e. The van der Waals surface area contributed by atoms with Crippen LogP contribution in [-0.2, 0) is 0 Å². The molecule has 0 spiro atoms. The van der Waals surface area contributed by atoms with Crippen LogP contribution in [0, 0.1) is 0 Å². The number of thiophene rings is 1. The third-order valence-corrected chi connectivity index (χ3v) is 4.04. The van der Waals surface area contributed by atoms with Crippen molar-refractivity contribution >= 4 is 33.1 Å². The number of rotatable bonds is 1. The van der Waals surface area contributed by atoms with Crippen molar-refractivity contribution in [2.75, 3.05) is 0 Å².